The minimum atomic E-state index is 0.339. The Morgan fingerprint density at radius 1 is 1.26 bits per heavy atom. The van der Waals surface area contributed by atoms with Crippen LogP contribution in [0.2, 0.25) is 0 Å². The molecule has 0 fully saturated rings. The molecule has 2 aromatic rings. The zero-order valence-corrected chi connectivity index (χ0v) is 12.4. The summed E-state index contributed by atoms with van der Waals surface area (Å²) < 4.78 is 4.18. The topological polar surface area (TPSA) is 61.7 Å². The van der Waals surface area contributed by atoms with Gasteiger partial charge < -0.3 is 14.9 Å². The van der Waals surface area contributed by atoms with Crippen LogP contribution in [0.15, 0.2) is 12.5 Å². The summed E-state index contributed by atoms with van der Waals surface area (Å²) in [5, 5.41) is 0. The lowest BCUT2D eigenvalue weighted by Crippen LogP contribution is -2.07. The van der Waals surface area contributed by atoms with E-state index in [0.717, 1.165) is 29.6 Å². The van der Waals surface area contributed by atoms with Crippen molar-refractivity contribution >= 4 is 5.82 Å². The zero-order valence-electron chi connectivity index (χ0n) is 12.4. The summed E-state index contributed by atoms with van der Waals surface area (Å²) in [7, 11) is 0. The molecule has 0 radical (unpaired) electrons. The maximum atomic E-state index is 6.27. The highest BCUT2D eigenvalue weighted by Gasteiger charge is 2.20. The third-order valence-corrected chi connectivity index (χ3v) is 3.33. The van der Waals surface area contributed by atoms with Gasteiger partial charge in [0.15, 0.2) is 0 Å². The Morgan fingerprint density at radius 3 is 2.42 bits per heavy atom. The molecule has 0 atom stereocenters. The summed E-state index contributed by atoms with van der Waals surface area (Å²) in [4.78, 5) is 8.97. The molecular formula is C14H23N5. The molecule has 0 aliphatic rings. The van der Waals surface area contributed by atoms with E-state index in [0.29, 0.717) is 12.0 Å². The van der Waals surface area contributed by atoms with E-state index in [1.165, 1.54) is 0 Å². The van der Waals surface area contributed by atoms with Crippen LogP contribution in [0.25, 0.3) is 11.4 Å². The first-order chi connectivity index (χ1) is 8.97. The zero-order chi connectivity index (χ0) is 14.2. The van der Waals surface area contributed by atoms with E-state index in [9.17, 15) is 0 Å². The Kier molecular flexibility index (Phi) is 3.64. The second-order valence-electron chi connectivity index (χ2n) is 5.38. The van der Waals surface area contributed by atoms with Crippen LogP contribution >= 0.6 is 0 Å². The van der Waals surface area contributed by atoms with Crippen LogP contribution in [-0.4, -0.2) is 19.1 Å². The van der Waals surface area contributed by atoms with Crippen molar-refractivity contribution in [2.75, 3.05) is 5.73 Å². The van der Waals surface area contributed by atoms with E-state index in [4.69, 9.17) is 10.7 Å². The van der Waals surface area contributed by atoms with Gasteiger partial charge in [0, 0.05) is 18.5 Å². The molecule has 0 aliphatic heterocycles. The van der Waals surface area contributed by atoms with E-state index >= 15 is 0 Å². The lowest BCUT2D eigenvalue weighted by Gasteiger charge is -2.11. The molecule has 104 valence electrons. The monoisotopic (exact) mass is 261 g/mol. The van der Waals surface area contributed by atoms with Gasteiger partial charge in [0.2, 0.25) is 0 Å². The quantitative estimate of drug-likeness (QED) is 0.920. The van der Waals surface area contributed by atoms with E-state index in [-0.39, 0.29) is 0 Å². The predicted octanol–water partition coefficient (Wildman–Crippen LogP) is 3.05. The highest BCUT2D eigenvalue weighted by molar-refractivity contribution is 5.68. The van der Waals surface area contributed by atoms with Gasteiger partial charge in [-0.2, -0.15) is 0 Å². The van der Waals surface area contributed by atoms with Gasteiger partial charge in [-0.05, 0) is 20.8 Å². The van der Waals surface area contributed by atoms with E-state index < -0.39 is 0 Å². The molecule has 0 amide bonds. The van der Waals surface area contributed by atoms with Crippen LogP contribution in [0.4, 0.5) is 5.82 Å². The number of nitrogens with zero attached hydrogens (tertiary/aromatic N) is 4. The number of anilines is 1. The number of nitrogens with two attached hydrogens (primary N) is 1. The maximum Gasteiger partial charge on any atom is 0.133 e. The van der Waals surface area contributed by atoms with Gasteiger partial charge in [0.05, 0.1) is 18.2 Å². The Bertz CT molecular complexity index is 562. The van der Waals surface area contributed by atoms with Gasteiger partial charge in [-0.1, -0.05) is 13.8 Å². The summed E-state index contributed by atoms with van der Waals surface area (Å²) >= 11 is 0. The average molecular weight is 261 g/mol. The van der Waals surface area contributed by atoms with Crippen molar-refractivity contribution in [3.8, 4) is 11.4 Å². The Morgan fingerprint density at radius 2 is 1.95 bits per heavy atom. The fourth-order valence-electron chi connectivity index (χ4n) is 2.34. The minimum Gasteiger partial charge on any atom is -0.383 e. The standard InChI is InChI=1S/C14H23N5/c1-6-18-13(15)12(17-14(18)9(2)3)11-7-16-8-19(11)10(4)5/h7-10H,6,15H2,1-5H3. The first kappa shape index (κ1) is 13.6. The molecule has 0 bridgehead atoms. The normalized spacial score (nSPS) is 11.7. The van der Waals surface area contributed by atoms with Crippen LogP contribution in [0.1, 0.15) is 52.4 Å². The molecule has 2 N–H and O–H groups in total. The first-order valence-corrected chi connectivity index (χ1v) is 6.85. The number of aromatic nitrogens is 4. The SMILES string of the molecule is CCn1c(C(C)C)nc(-c2cncn2C(C)C)c1N. The fraction of sp³-hybridized carbons (Fsp3) is 0.571. The van der Waals surface area contributed by atoms with E-state index in [1.807, 2.05) is 12.5 Å². The maximum absolute atomic E-state index is 6.27. The number of nitrogen functional groups attached to an aromatic ring is 1. The van der Waals surface area contributed by atoms with Crippen LogP contribution < -0.4 is 5.73 Å². The van der Waals surface area contributed by atoms with Gasteiger partial charge in [-0.15, -0.1) is 0 Å². The molecular weight excluding hydrogens is 238 g/mol. The smallest absolute Gasteiger partial charge is 0.133 e. The molecule has 2 heterocycles. The number of rotatable bonds is 4. The first-order valence-electron chi connectivity index (χ1n) is 6.85. The Labute approximate surface area is 114 Å². The minimum absolute atomic E-state index is 0.339. The van der Waals surface area contributed by atoms with Gasteiger partial charge >= 0.3 is 0 Å². The molecule has 0 spiro atoms. The molecule has 19 heavy (non-hydrogen) atoms. The Balaban J connectivity index is 2.60. The predicted molar refractivity (Wildman–Crippen MR) is 78.0 cm³/mol. The van der Waals surface area contributed by atoms with Gasteiger partial charge in [-0.3, -0.25) is 0 Å². The molecule has 0 aromatic carbocycles. The van der Waals surface area contributed by atoms with Gasteiger partial charge in [0.1, 0.15) is 17.3 Å². The van der Waals surface area contributed by atoms with Crippen molar-refractivity contribution < 1.29 is 0 Å². The lowest BCUT2D eigenvalue weighted by molar-refractivity contribution is 0.604. The summed E-state index contributed by atoms with van der Waals surface area (Å²) in [6.07, 6.45) is 3.67. The fourth-order valence-corrected chi connectivity index (χ4v) is 2.34. The van der Waals surface area contributed by atoms with Gasteiger partial charge in [0.25, 0.3) is 0 Å². The third kappa shape index (κ3) is 2.25. The average Bonchev–Trinajstić information content (AvgIpc) is 2.92. The number of hydrogen-bond donors (Lipinski definition) is 1. The van der Waals surface area contributed by atoms with E-state index in [2.05, 4.69) is 48.7 Å². The lowest BCUT2D eigenvalue weighted by atomic mass is 10.2. The Hall–Kier alpha value is -1.78. The summed E-state index contributed by atoms with van der Waals surface area (Å²) in [6.45, 7) is 11.5. The van der Waals surface area contributed by atoms with Crippen LogP contribution in [0, 0.1) is 0 Å². The molecule has 0 unspecified atom stereocenters. The molecule has 2 rings (SSSR count). The van der Waals surface area contributed by atoms with Crippen molar-refractivity contribution in [2.45, 2.75) is 53.1 Å². The molecule has 0 saturated heterocycles. The van der Waals surface area contributed by atoms with Crippen molar-refractivity contribution in [1.82, 2.24) is 19.1 Å². The third-order valence-electron chi connectivity index (χ3n) is 3.33. The molecule has 5 nitrogen and oxygen atoms in total. The van der Waals surface area contributed by atoms with Crippen molar-refractivity contribution in [3.05, 3.63) is 18.3 Å². The molecule has 0 aliphatic carbocycles. The summed E-state index contributed by atoms with van der Waals surface area (Å²) in [5.41, 5.74) is 8.10. The van der Waals surface area contributed by atoms with Crippen molar-refractivity contribution in [1.29, 1.82) is 0 Å². The highest BCUT2D eigenvalue weighted by Crippen LogP contribution is 2.30. The molecule has 0 saturated carbocycles. The largest absolute Gasteiger partial charge is 0.383 e. The van der Waals surface area contributed by atoms with Crippen LogP contribution in [0.3, 0.4) is 0 Å². The second kappa shape index (κ2) is 5.07. The van der Waals surface area contributed by atoms with Crippen LogP contribution in [0.5, 0.6) is 0 Å². The molecule has 5 heteroatoms. The second-order valence-corrected chi connectivity index (χ2v) is 5.38. The number of imidazole rings is 2. The van der Waals surface area contributed by atoms with Crippen molar-refractivity contribution in [3.63, 3.8) is 0 Å². The number of hydrogen-bond acceptors (Lipinski definition) is 3. The molecule has 2 aromatic heterocycles. The highest BCUT2D eigenvalue weighted by atomic mass is 15.2. The summed E-state index contributed by atoms with van der Waals surface area (Å²) in [5.74, 6) is 2.12. The summed E-state index contributed by atoms with van der Waals surface area (Å²) in [6, 6.07) is 0.339. The van der Waals surface area contributed by atoms with E-state index in [1.54, 1.807) is 0 Å². The van der Waals surface area contributed by atoms with Crippen LogP contribution in [-0.2, 0) is 6.54 Å². The van der Waals surface area contributed by atoms with Crippen molar-refractivity contribution in [2.24, 2.45) is 0 Å². The van der Waals surface area contributed by atoms with Gasteiger partial charge in [-0.25, -0.2) is 9.97 Å².